The van der Waals surface area contributed by atoms with Crippen LogP contribution in [-0.2, 0) is 4.84 Å². The van der Waals surface area contributed by atoms with Crippen LogP contribution in [0.5, 0.6) is 0 Å². The summed E-state index contributed by atoms with van der Waals surface area (Å²) in [6, 6.07) is 10.1. The average Bonchev–Trinajstić information content (AvgIpc) is 2.90. The molecule has 0 atom stereocenters. The molecule has 2 aliphatic heterocycles. The zero-order valence-electron chi connectivity index (χ0n) is 9.70. The Hall–Kier alpha value is -1.90. The van der Waals surface area contributed by atoms with Crippen LogP contribution in [0.1, 0.15) is 24.8 Å². The number of allylic oxidation sites excluding steroid dienone is 2. The average molecular weight is 228 g/mol. The standard InChI is InChI=1S/C14H16N2O/c1-2-6-11(7-3-1)14-10-13(16-17-14)12-8-4-5-9-15-12/h1-3,6-7,10,15-16H,4-5,8-9H2/b13-12-. The van der Waals surface area contributed by atoms with Gasteiger partial charge in [-0.2, -0.15) is 0 Å². The molecule has 0 spiro atoms. The first kappa shape index (κ1) is 10.3. The quantitative estimate of drug-likeness (QED) is 0.775. The molecule has 3 heteroatoms. The Kier molecular flexibility index (Phi) is 2.74. The zero-order chi connectivity index (χ0) is 11.5. The molecule has 2 N–H and O–H groups in total. The Balaban J connectivity index is 1.85. The van der Waals surface area contributed by atoms with Gasteiger partial charge in [-0.1, -0.05) is 30.3 Å². The third-order valence-electron chi connectivity index (χ3n) is 3.12. The van der Waals surface area contributed by atoms with Crippen molar-refractivity contribution in [1.29, 1.82) is 0 Å². The molecule has 2 aliphatic rings. The van der Waals surface area contributed by atoms with Gasteiger partial charge in [0.2, 0.25) is 0 Å². The number of hydroxylamine groups is 1. The Labute approximate surface area is 101 Å². The molecule has 2 heterocycles. The van der Waals surface area contributed by atoms with Crippen molar-refractivity contribution in [2.24, 2.45) is 0 Å². The lowest BCUT2D eigenvalue weighted by Crippen LogP contribution is -2.23. The van der Waals surface area contributed by atoms with Gasteiger partial charge in [-0.05, 0) is 19.3 Å². The molecular formula is C14H16N2O. The van der Waals surface area contributed by atoms with E-state index in [0.29, 0.717) is 0 Å². The van der Waals surface area contributed by atoms with Gasteiger partial charge >= 0.3 is 0 Å². The van der Waals surface area contributed by atoms with Crippen LogP contribution in [0.15, 0.2) is 47.8 Å². The minimum absolute atomic E-state index is 0.889. The molecule has 1 aromatic carbocycles. The summed E-state index contributed by atoms with van der Waals surface area (Å²) in [6.45, 7) is 1.06. The fourth-order valence-electron chi connectivity index (χ4n) is 2.18. The van der Waals surface area contributed by atoms with Crippen molar-refractivity contribution in [3.63, 3.8) is 0 Å². The zero-order valence-corrected chi connectivity index (χ0v) is 9.70. The van der Waals surface area contributed by atoms with Crippen molar-refractivity contribution < 1.29 is 4.84 Å². The van der Waals surface area contributed by atoms with Gasteiger partial charge in [0.25, 0.3) is 0 Å². The topological polar surface area (TPSA) is 33.3 Å². The lowest BCUT2D eigenvalue weighted by molar-refractivity contribution is 0.208. The molecule has 88 valence electrons. The summed E-state index contributed by atoms with van der Waals surface area (Å²) in [7, 11) is 0. The molecule has 3 rings (SSSR count). The van der Waals surface area contributed by atoms with E-state index in [4.69, 9.17) is 4.84 Å². The molecule has 0 unspecified atom stereocenters. The molecule has 3 nitrogen and oxygen atoms in total. The van der Waals surface area contributed by atoms with E-state index in [1.807, 2.05) is 18.2 Å². The number of rotatable bonds is 1. The van der Waals surface area contributed by atoms with Gasteiger partial charge in [0, 0.05) is 23.9 Å². The lowest BCUT2D eigenvalue weighted by Gasteiger charge is -2.17. The van der Waals surface area contributed by atoms with Gasteiger partial charge in [-0.3, -0.25) is 0 Å². The van der Waals surface area contributed by atoms with E-state index in [0.717, 1.165) is 30.0 Å². The van der Waals surface area contributed by atoms with Crippen molar-refractivity contribution in [3.8, 4) is 0 Å². The highest BCUT2D eigenvalue weighted by molar-refractivity contribution is 5.64. The molecular weight excluding hydrogens is 212 g/mol. The van der Waals surface area contributed by atoms with Gasteiger partial charge in [-0.25, -0.2) is 5.48 Å². The lowest BCUT2D eigenvalue weighted by atomic mass is 10.1. The third kappa shape index (κ3) is 2.13. The molecule has 1 saturated heterocycles. The van der Waals surface area contributed by atoms with E-state index >= 15 is 0 Å². The summed E-state index contributed by atoms with van der Waals surface area (Å²) in [5, 5.41) is 3.43. The van der Waals surface area contributed by atoms with Gasteiger partial charge in [0.05, 0.1) is 5.70 Å². The van der Waals surface area contributed by atoms with Crippen LogP contribution in [0, 0.1) is 0 Å². The monoisotopic (exact) mass is 228 g/mol. The van der Waals surface area contributed by atoms with Crippen LogP contribution in [0.2, 0.25) is 0 Å². The molecule has 1 fully saturated rings. The second-order valence-electron chi connectivity index (χ2n) is 4.35. The van der Waals surface area contributed by atoms with Crippen molar-refractivity contribution >= 4 is 5.76 Å². The Morgan fingerprint density at radius 2 is 1.94 bits per heavy atom. The number of benzene rings is 1. The Morgan fingerprint density at radius 1 is 1.06 bits per heavy atom. The summed E-state index contributed by atoms with van der Waals surface area (Å²) in [5.41, 5.74) is 6.44. The van der Waals surface area contributed by atoms with Crippen LogP contribution in [-0.4, -0.2) is 6.54 Å². The number of hydrogen-bond acceptors (Lipinski definition) is 3. The van der Waals surface area contributed by atoms with Crippen molar-refractivity contribution in [1.82, 2.24) is 10.8 Å². The molecule has 17 heavy (non-hydrogen) atoms. The van der Waals surface area contributed by atoms with Crippen LogP contribution in [0.25, 0.3) is 5.76 Å². The minimum atomic E-state index is 0.889. The number of nitrogens with one attached hydrogen (secondary N) is 2. The second kappa shape index (κ2) is 4.53. The predicted molar refractivity (Wildman–Crippen MR) is 67.5 cm³/mol. The van der Waals surface area contributed by atoms with E-state index in [-0.39, 0.29) is 0 Å². The van der Waals surface area contributed by atoms with Crippen LogP contribution >= 0.6 is 0 Å². The van der Waals surface area contributed by atoms with Gasteiger partial charge in [-0.15, -0.1) is 0 Å². The first-order valence-corrected chi connectivity index (χ1v) is 6.10. The maximum absolute atomic E-state index is 5.52. The third-order valence-corrected chi connectivity index (χ3v) is 3.12. The van der Waals surface area contributed by atoms with Crippen LogP contribution < -0.4 is 10.8 Å². The maximum atomic E-state index is 5.52. The maximum Gasteiger partial charge on any atom is 0.164 e. The summed E-state index contributed by atoms with van der Waals surface area (Å²) >= 11 is 0. The van der Waals surface area contributed by atoms with Crippen molar-refractivity contribution in [3.05, 3.63) is 53.4 Å². The SMILES string of the molecule is C1=C(c2ccccc2)ON/C1=C1/CCCCN1. The Morgan fingerprint density at radius 3 is 2.71 bits per heavy atom. The molecule has 0 aromatic heterocycles. The van der Waals surface area contributed by atoms with E-state index in [1.165, 1.54) is 18.5 Å². The molecule has 0 radical (unpaired) electrons. The van der Waals surface area contributed by atoms with E-state index in [2.05, 4.69) is 29.0 Å². The summed E-state index contributed by atoms with van der Waals surface area (Å²) < 4.78 is 0. The predicted octanol–water partition coefficient (Wildman–Crippen LogP) is 2.55. The summed E-state index contributed by atoms with van der Waals surface area (Å²) in [4.78, 5) is 5.52. The van der Waals surface area contributed by atoms with E-state index in [9.17, 15) is 0 Å². The van der Waals surface area contributed by atoms with Crippen molar-refractivity contribution in [2.45, 2.75) is 19.3 Å². The number of piperidine rings is 1. The first-order chi connectivity index (χ1) is 8.43. The fourth-order valence-corrected chi connectivity index (χ4v) is 2.18. The highest BCUT2D eigenvalue weighted by Crippen LogP contribution is 2.24. The van der Waals surface area contributed by atoms with Gasteiger partial charge in [0.1, 0.15) is 0 Å². The van der Waals surface area contributed by atoms with Crippen LogP contribution in [0.4, 0.5) is 0 Å². The second-order valence-corrected chi connectivity index (χ2v) is 4.35. The summed E-state index contributed by atoms with van der Waals surface area (Å²) in [5.74, 6) is 0.889. The molecule has 1 aromatic rings. The van der Waals surface area contributed by atoms with E-state index in [1.54, 1.807) is 0 Å². The molecule has 0 saturated carbocycles. The van der Waals surface area contributed by atoms with E-state index < -0.39 is 0 Å². The largest absolute Gasteiger partial charge is 0.387 e. The van der Waals surface area contributed by atoms with Crippen molar-refractivity contribution in [2.75, 3.05) is 6.54 Å². The highest BCUT2D eigenvalue weighted by Gasteiger charge is 2.17. The normalized spacial score (nSPS) is 23.4. The molecule has 0 bridgehead atoms. The smallest absolute Gasteiger partial charge is 0.164 e. The minimum Gasteiger partial charge on any atom is -0.387 e. The highest BCUT2D eigenvalue weighted by atomic mass is 16.7. The first-order valence-electron chi connectivity index (χ1n) is 6.10. The fraction of sp³-hybridized carbons (Fsp3) is 0.286. The van der Waals surface area contributed by atoms with Gasteiger partial charge in [0.15, 0.2) is 5.76 Å². The molecule has 0 aliphatic carbocycles. The Bertz CT molecular complexity index is 454. The van der Waals surface area contributed by atoms with Crippen LogP contribution in [0.3, 0.4) is 0 Å². The molecule has 0 amide bonds. The summed E-state index contributed by atoms with van der Waals surface area (Å²) in [6.07, 6.45) is 5.68. The number of hydrogen-bond donors (Lipinski definition) is 2. The van der Waals surface area contributed by atoms with Gasteiger partial charge < -0.3 is 10.2 Å².